The van der Waals surface area contributed by atoms with Crippen molar-refractivity contribution in [3.05, 3.63) is 69.6 Å². The third-order valence-corrected chi connectivity index (χ3v) is 11.2. The van der Waals surface area contributed by atoms with E-state index in [9.17, 15) is 14.4 Å². The van der Waals surface area contributed by atoms with Crippen LogP contribution in [0, 0.1) is 19.3 Å². The second kappa shape index (κ2) is 13.5. The minimum Gasteiger partial charge on any atom is -0.327 e. The average Bonchev–Trinajstić information content (AvgIpc) is 3.44. The number of aromatic nitrogens is 5. The molecule has 7 rings (SSSR count). The van der Waals surface area contributed by atoms with Crippen molar-refractivity contribution in [3.8, 4) is 11.1 Å². The third-order valence-electron chi connectivity index (χ3n) is 10.8. The van der Waals surface area contributed by atoms with Crippen molar-refractivity contribution in [1.29, 1.82) is 0 Å². The fourth-order valence-electron chi connectivity index (χ4n) is 8.32. The summed E-state index contributed by atoms with van der Waals surface area (Å²) in [5, 5.41) is 5.41. The average molecular weight is 727 g/mol. The van der Waals surface area contributed by atoms with Crippen LogP contribution in [0.5, 0.6) is 0 Å². The third kappa shape index (κ3) is 6.71. The summed E-state index contributed by atoms with van der Waals surface area (Å²) >= 11 is 3.52. The maximum Gasteiger partial charge on any atom is 0.245 e. The van der Waals surface area contributed by atoms with Crippen LogP contribution in [-0.2, 0) is 29.0 Å². The van der Waals surface area contributed by atoms with Gasteiger partial charge >= 0.3 is 0 Å². The largest absolute Gasteiger partial charge is 0.327 e. The zero-order chi connectivity index (χ0) is 34.4. The predicted molar refractivity (Wildman–Crippen MR) is 191 cm³/mol. The Morgan fingerprint density at radius 3 is 2.53 bits per heavy atom. The van der Waals surface area contributed by atoms with Crippen LogP contribution >= 0.6 is 15.9 Å². The minimum absolute atomic E-state index is 0.00497. The highest BCUT2D eigenvalue weighted by Gasteiger charge is 2.67. The number of hydrogen-bond donors (Lipinski definition) is 0. The first-order valence-electron chi connectivity index (χ1n) is 17.5. The number of benzene rings is 1. The van der Waals surface area contributed by atoms with E-state index in [0.717, 1.165) is 72.2 Å². The van der Waals surface area contributed by atoms with Gasteiger partial charge < -0.3 is 9.80 Å². The molecule has 0 radical (unpaired) electrons. The van der Waals surface area contributed by atoms with Crippen LogP contribution in [0.3, 0.4) is 0 Å². The number of aryl methyl sites for hydroxylation is 3. The van der Waals surface area contributed by atoms with E-state index < -0.39 is 6.04 Å². The fourth-order valence-corrected chi connectivity index (χ4v) is 8.67. The van der Waals surface area contributed by atoms with Crippen LogP contribution in [0.1, 0.15) is 85.0 Å². The van der Waals surface area contributed by atoms with Crippen LogP contribution in [0.2, 0.25) is 0 Å². The van der Waals surface area contributed by atoms with Gasteiger partial charge in [0.1, 0.15) is 22.7 Å². The lowest BCUT2D eigenvalue weighted by Crippen LogP contribution is -2.45. The molecule has 256 valence electrons. The molecule has 1 saturated carbocycles. The zero-order valence-electron chi connectivity index (χ0n) is 28.8. The SMILES string of the molecule is CC(=O)c1nn(CC(=O)N2[C@H]3C[C@]4(C[C@@H]24)CN(C)CCCCCCCc2ccc(Br)nc2CC3=O)c2c(C)cc(-c3cnc(C)nc3)cc12. The van der Waals surface area contributed by atoms with Gasteiger partial charge in [-0.2, -0.15) is 5.10 Å². The monoisotopic (exact) mass is 725 g/mol. The van der Waals surface area contributed by atoms with E-state index in [1.54, 1.807) is 17.1 Å². The molecule has 2 fully saturated rings. The first kappa shape index (κ1) is 33.7. The van der Waals surface area contributed by atoms with Gasteiger partial charge in [-0.15, -0.1) is 0 Å². The van der Waals surface area contributed by atoms with Crippen molar-refractivity contribution in [2.24, 2.45) is 5.41 Å². The first-order valence-corrected chi connectivity index (χ1v) is 18.3. The van der Waals surface area contributed by atoms with E-state index in [4.69, 9.17) is 10.1 Å². The van der Waals surface area contributed by atoms with E-state index in [-0.39, 0.29) is 41.9 Å². The standard InChI is InChI=1S/C38H44BrN7O3/c1-23-14-27(28-19-40-25(3)41-20-28)15-29-36(24(2)47)43-45(37(23)29)21-35(49)46-31-17-38(18-33(38)46)22-44(4)13-9-7-5-6-8-10-26-11-12-34(39)42-30(26)16-32(31)48/h11-12,14-15,19-20,31,33H,5-10,13,16-18,21-22H2,1-4H3/t31-,33+,38-/m0/s1. The summed E-state index contributed by atoms with van der Waals surface area (Å²) in [6, 6.07) is 7.48. The number of carbonyl (C=O) groups is 3. The van der Waals surface area contributed by atoms with Crippen molar-refractivity contribution in [3.63, 3.8) is 0 Å². The summed E-state index contributed by atoms with van der Waals surface area (Å²) in [4.78, 5) is 59.3. The molecule has 0 N–H and O–H groups in total. The van der Waals surface area contributed by atoms with E-state index in [0.29, 0.717) is 27.9 Å². The Morgan fingerprint density at radius 1 is 1.00 bits per heavy atom. The number of Topliss-reactive ketones (excluding diaryl/α,β-unsaturated/α-hetero) is 2. The lowest BCUT2D eigenvalue weighted by molar-refractivity contribution is -0.139. The van der Waals surface area contributed by atoms with Gasteiger partial charge in [0.25, 0.3) is 0 Å². The van der Waals surface area contributed by atoms with E-state index in [2.05, 4.69) is 43.9 Å². The number of pyridine rings is 1. The molecule has 2 bridgehead atoms. The molecule has 11 heteroatoms. The Balaban J connectivity index is 1.22. The van der Waals surface area contributed by atoms with E-state index in [1.165, 1.54) is 26.2 Å². The number of nitrogens with zero attached hydrogens (tertiary/aromatic N) is 7. The van der Waals surface area contributed by atoms with Crippen LogP contribution in [-0.4, -0.2) is 84.2 Å². The normalized spacial score (nSPS) is 23.4. The second-order valence-electron chi connectivity index (χ2n) is 14.5. The summed E-state index contributed by atoms with van der Waals surface area (Å²) < 4.78 is 2.38. The van der Waals surface area contributed by atoms with Gasteiger partial charge in [-0.3, -0.25) is 19.1 Å². The molecule has 1 amide bonds. The number of rotatable bonds is 4. The Morgan fingerprint density at radius 2 is 1.76 bits per heavy atom. The predicted octanol–water partition coefficient (Wildman–Crippen LogP) is 6.08. The quantitative estimate of drug-likeness (QED) is 0.184. The number of amides is 1. The molecule has 49 heavy (non-hydrogen) atoms. The lowest BCUT2D eigenvalue weighted by atomic mass is 9.93. The number of piperidine rings is 1. The summed E-state index contributed by atoms with van der Waals surface area (Å²) in [5.74, 6) is 0.408. The van der Waals surface area contributed by atoms with Gasteiger partial charge in [0.2, 0.25) is 5.91 Å². The molecule has 1 aliphatic carbocycles. The maximum absolute atomic E-state index is 14.5. The van der Waals surface area contributed by atoms with Gasteiger partial charge in [0, 0.05) is 48.3 Å². The van der Waals surface area contributed by atoms with E-state index in [1.807, 2.05) is 36.9 Å². The van der Waals surface area contributed by atoms with Crippen LogP contribution in [0.4, 0.5) is 0 Å². The minimum atomic E-state index is -0.524. The Hall–Kier alpha value is -3.83. The second-order valence-corrected chi connectivity index (χ2v) is 15.3. The fraction of sp³-hybridized carbons (Fsp3) is 0.500. The Bertz CT molecular complexity index is 1940. The molecule has 3 aliphatic rings. The van der Waals surface area contributed by atoms with Crippen molar-refractivity contribution in [2.75, 3.05) is 20.1 Å². The molecule has 0 unspecified atom stereocenters. The van der Waals surface area contributed by atoms with Gasteiger partial charge in [-0.1, -0.05) is 25.3 Å². The number of halogens is 1. The van der Waals surface area contributed by atoms with E-state index >= 15 is 0 Å². The van der Waals surface area contributed by atoms with Crippen molar-refractivity contribution in [1.82, 2.24) is 34.5 Å². The Labute approximate surface area is 295 Å². The number of hydrogen-bond acceptors (Lipinski definition) is 8. The topological polar surface area (TPSA) is 114 Å². The van der Waals surface area contributed by atoms with Crippen LogP contribution in [0.15, 0.2) is 41.3 Å². The molecule has 10 nitrogen and oxygen atoms in total. The summed E-state index contributed by atoms with van der Waals surface area (Å²) in [6.07, 6.45) is 12.0. The zero-order valence-corrected chi connectivity index (χ0v) is 30.4. The Kier molecular flexibility index (Phi) is 9.25. The van der Waals surface area contributed by atoms with Crippen LogP contribution in [0.25, 0.3) is 22.0 Å². The molecule has 2 aliphatic heterocycles. The first-order chi connectivity index (χ1) is 23.5. The van der Waals surface area contributed by atoms with Crippen molar-refractivity contribution < 1.29 is 14.4 Å². The number of fused-ring (bicyclic) bond motifs is 3. The molecule has 5 heterocycles. The van der Waals surface area contributed by atoms with Crippen LogP contribution < -0.4 is 0 Å². The summed E-state index contributed by atoms with van der Waals surface area (Å²) in [7, 11) is 2.17. The molecule has 3 atom stereocenters. The lowest BCUT2D eigenvalue weighted by Gasteiger charge is -2.27. The van der Waals surface area contributed by atoms with Gasteiger partial charge in [-0.05, 0) is 110 Å². The molecule has 4 aromatic rings. The highest BCUT2D eigenvalue weighted by Crippen LogP contribution is 2.60. The molecular formula is C38H44BrN7O3. The van der Waals surface area contributed by atoms with Crippen molar-refractivity contribution >= 4 is 44.3 Å². The highest BCUT2D eigenvalue weighted by molar-refractivity contribution is 9.10. The summed E-state index contributed by atoms with van der Waals surface area (Å²) in [5.41, 5.74) is 5.51. The summed E-state index contributed by atoms with van der Waals surface area (Å²) in [6.45, 7) is 7.15. The molecular weight excluding hydrogens is 682 g/mol. The van der Waals surface area contributed by atoms with Gasteiger partial charge in [0.15, 0.2) is 11.6 Å². The molecule has 1 spiro atoms. The number of likely N-dealkylation sites (tertiary alicyclic amines) is 1. The number of ketones is 2. The highest BCUT2D eigenvalue weighted by atomic mass is 79.9. The van der Waals surface area contributed by atoms with Gasteiger partial charge in [-0.25, -0.2) is 15.0 Å². The smallest absolute Gasteiger partial charge is 0.245 e. The molecule has 1 saturated heterocycles. The maximum atomic E-state index is 14.5. The van der Waals surface area contributed by atoms with Gasteiger partial charge in [0.05, 0.1) is 23.7 Å². The van der Waals surface area contributed by atoms with Crippen molar-refractivity contribution in [2.45, 2.75) is 97.2 Å². The number of carbonyl (C=O) groups excluding carboxylic acids is 3. The molecule has 3 aromatic heterocycles. The molecule has 1 aromatic carbocycles.